The van der Waals surface area contributed by atoms with Gasteiger partial charge in [0.1, 0.15) is 5.75 Å². The number of aromatic hydroxyl groups is 1. The Morgan fingerprint density at radius 2 is 2.00 bits per heavy atom. The Morgan fingerprint density at radius 1 is 1.15 bits per heavy atom. The molecule has 0 saturated heterocycles. The van der Waals surface area contributed by atoms with Crippen LogP contribution in [0.2, 0.25) is 0 Å². The molecule has 0 aliphatic rings. The lowest BCUT2D eigenvalue weighted by atomic mass is 10.1. The average molecular weight is 331 g/mol. The van der Waals surface area contributed by atoms with E-state index in [4.69, 9.17) is 4.52 Å². The average Bonchev–Trinajstić information content (AvgIpc) is 2.88. The lowest BCUT2D eigenvalue weighted by molar-refractivity contribution is 0.425. The largest absolute Gasteiger partial charge is 0.507 e. The third kappa shape index (κ3) is 2.44. The molecular formula is C15H11BrN2O2. The van der Waals surface area contributed by atoms with Crippen LogP contribution in [-0.2, 0) is 0 Å². The minimum absolute atomic E-state index is 0.134. The molecular weight excluding hydrogens is 320 g/mol. The van der Waals surface area contributed by atoms with E-state index in [9.17, 15) is 5.11 Å². The Balaban J connectivity index is 2.02. The summed E-state index contributed by atoms with van der Waals surface area (Å²) in [7, 11) is 0. The van der Waals surface area contributed by atoms with Crippen molar-refractivity contribution in [2.45, 2.75) is 6.92 Å². The van der Waals surface area contributed by atoms with Crippen LogP contribution in [0.1, 0.15) is 5.56 Å². The van der Waals surface area contributed by atoms with Crippen molar-refractivity contribution in [1.82, 2.24) is 10.1 Å². The molecule has 1 aromatic heterocycles. The molecule has 3 rings (SSSR count). The van der Waals surface area contributed by atoms with E-state index in [0.717, 1.165) is 15.6 Å². The summed E-state index contributed by atoms with van der Waals surface area (Å²) in [6, 6.07) is 13.0. The monoisotopic (exact) mass is 330 g/mol. The van der Waals surface area contributed by atoms with E-state index in [1.807, 2.05) is 37.3 Å². The first kappa shape index (κ1) is 12.9. The van der Waals surface area contributed by atoms with E-state index < -0.39 is 0 Å². The van der Waals surface area contributed by atoms with E-state index in [-0.39, 0.29) is 5.75 Å². The van der Waals surface area contributed by atoms with E-state index in [1.165, 1.54) is 0 Å². The summed E-state index contributed by atoms with van der Waals surface area (Å²) in [5.41, 5.74) is 2.35. The Bertz CT molecular complexity index is 768. The van der Waals surface area contributed by atoms with Gasteiger partial charge in [-0.2, -0.15) is 4.98 Å². The van der Waals surface area contributed by atoms with Gasteiger partial charge in [-0.3, -0.25) is 0 Å². The van der Waals surface area contributed by atoms with Crippen LogP contribution in [-0.4, -0.2) is 15.2 Å². The molecule has 2 aromatic carbocycles. The highest BCUT2D eigenvalue weighted by Crippen LogP contribution is 2.30. The summed E-state index contributed by atoms with van der Waals surface area (Å²) in [5, 5.41) is 13.9. The fourth-order valence-corrected chi connectivity index (χ4v) is 2.30. The Morgan fingerprint density at radius 3 is 2.75 bits per heavy atom. The highest BCUT2D eigenvalue weighted by molar-refractivity contribution is 9.10. The molecule has 0 unspecified atom stereocenters. The zero-order valence-electron chi connectivity index (χ0n) is 10.7. The van der Waals surface area contributed by atoms with E-state index in [2.05, 4.69) is 26.1 Å². The third-order valence-electron chi connectivity index (χ3n) is 2.89. The van der Waals surface area contributed by atoms with Gasteiger partial charge in [-0.1, -0.05) is 39.3 Å². The van der Waals surface area contributed by atoms with Gasteiger partial charge in [0, 0.05) is 10.0 Å². The Labute approximate surface area is 124 Å². The molecule has 20 heavy (non-hydrogen) atoms. The molecule has 0 bridgehead atoms. The number of aromatic nitrogens is 2. The fraction of sp³-hybridized carbons (Fsp3) is 0.0667. The highest BCUT2D eigenvalue weighted by Gasteiger charge is 2.14. The van der Waals surface area contributed by atoms with Crippen molar-refractivity contribution in [3.05, 3.63) is 52.5 Å². The molecule has 0 radical (unpaired) electrons. The molecule has 0 aliphatic carbocycles. The van der Waals surface area contributed by atoms with Crippen LogP contribution in [0.15, 0.2) is 51.5 Å². The number of benzene rings is 2. The number of hydrogen-bond donors (Lipinski definition) is 1. The highest BCUT2D eigenvalue weighted by atomic mass is 79.9. The maximum atomic E-state index is 9.93. The number of phenols is 1. The van der Waals surface area contributed by atoms with Gasteiger partial charge in [0.15, 0.2) is 0 Å². The van der Waals surface area contributed by atoms with Gasteiger partial charge in [0.25, 0.3) is 5.89 Å². The normalized spacial score (nSPS) is 10.7. The number of aryl methyl sites for hydroxylation is 1. The summed E-state index contributed by atoms with van der Waals surface area (Å²) < 4.78 is 6.17. The lowest BCUT2D eigenvalue weighted by Crippen LogP contribution is -1.82. The van der Waals surface area contributed by atoms with Crippen LogP contribution in [0.5, 0.6) is 5.75 Å². The van der Waals surface area contributed by atoms with E-state index in [0.29, 0.717) is 17.3 Å². The second-order valence-corrected chi connectivity index (χ2v) is 5.37. The van der Waals surface area contributed by atoms with Crippen molar-refractivity contribution in [2.75, 3.05) is 0 Å². The molecule has 100 valence electrons. The first-order valence-electron chi connectivity index (χ1n) is 6.03. The molecule has 0 spiro atoms. The number of hydrogen-bond acceptors (Lipinski definition) is 4. The second-order valence-electron chi connectivity index (χ2n) is 4.45. The standard InChI is InChI=1S/C15H11BrN2O2/c1-9-5-6-12(13(19)7-9)15-17-14(18-20-15)10-3-2-4-11(16)8-10/h2-8,19H,1H3. The Kier molecular flexibility index (Phi) is 3.28. The molecule has 1 heterocycles. The van der Waals surface area contributed by atoms with Crippen LogP contribution >= 0.6 is 15.9 Å². The maximum Gasteiger partial charge on any atom is 0.261 e. The summed E-state index contributed by atoms with van der Waals surface area (Å²) in [5.74, 6) is 0.924. The third-order valence-corrected chi connectivity index (χ3v) is 3.39. The van der Waals surface area contributed by atoms with E-state index >= 15 is 0 Å². The van der Waals surface area contributed by atoms with Crippen molar-refractivity contribution < 1.29 is 9.63 Å². The summed E-state index contributed by atoms with van der Waals surface area (Å²) >= 11 is 3.40. The van der Waals surface area contributed by atoms with Gasteiger partial charge in [-0.05, 0) is 36.8 Å². The van der Waals surface area contributed by atoms with Crippen LogP contribution in [0.25, 0.3) is 22.8 Å². The van der Waals surface area contributed by atoms with Crippen LogP contribution < -0.4 is 0 Å². The molecule has 0 fully saturated rings. The first-order valence-corrected chi connectivity index (χ1v) is 6.82. The van der Waals surface area contributed by atoms with E-state index in [1.54, 1.807) is 12.1 Å². The van der Waals surface area contributed by atoms with Gasteiger partial charge < -0.3 is 9.63 Å². The van der Waals surface area contributed by atoms with Crippen LogP contribution in [0, 0.1) is 6.92 Å². The maximum absolute atomic E-state index is 9.93. The smallest absolute Gasteiger partial charge is 0.261 e. The zero-order valence-corrected chi connectivity index (χ0v) is 12.3. The molecule has 0 amide bonds. The number of nitrogens with zero attached hydrogens (tertiary/aromatic N) is 2. The molecule has 0 aliphatic heterocycles. The van der Waals surface area contributed by atoms with Crippen molar-refractivity contribution in [3.8, 4) is 28.6 Å². The summed E-state index contributed by atoms with van der Waals surface area (Å²) in [4.78, 5) is 4.32. The van der Waals surface area contributed by atoms with Crippen molar-refractivity contribution in [2.24, 2.45) is 0 Å². The molecule has 4 nitrogen and oxygen atoms in total. The lowest BCUT2D eigenvalue weighted by Gasteiger charge is -1.99. The van der Waals surface area contributed by atoms with Crippen LogP contribution in [0.4, 0.5) is 0 Å². The SMILES string of the molecule is Cc1ccc(-c2nc(-c3cccc(Br)c3)no2)c(O)c1. The van der Waals surface area contributed by atoms with Crippen molar-refractivity contribution >= 4 is 15.9 Å². The molecule has 0 atom stereocenters. The summed E-state index contributed by atoms with van der Waals surface area (Å²) in [6.45, 7) is 1.91. The predicted octanol–water partition coefficient (Wildman–Crippen LogP) is 4.18. The first-order chi connectivity index (χ1) is 9.63. The summed E-state index contributed by atoms with van der Waals surface area (Å²) in [6.07, 6.45) is 0. The minimum Gasteiger partial charge on any atom is -0.507 e. The fourth-order valence-electron chi connectivity index (χ4n) is 1.90. The van der Waals surface area contributed by atoms with Crippen molar-refractivity contribution in [1.29, 1.82) is 0 Å². The number of rotatable bonds is 2. The molecule has 3 aromatic rings. The Hall–Kier alpha value is -2.14. The topological polar surface area (TPSA) is 59.2 Å². The second kappa shape index (κ2) is 5.09. The van der Waals surface area contributed by atoms with Gasteiger partial charge in [0.2, 0.25) is 5.82 Å². The van der Waals surface area contributed by atoms with Gasteiger partial charge in [-0.15, -0.1) is 0 Å². The quantitative estimate of drug-likeness (QED) is 0.765. The van der Waals surface area contributed by atoms with Crippen molar-refractivity contribution in [3.63, 3.8) is 0 Å². The molecule has 0 saturated carbocycles. The van der Waals surface area contributed by atoms with Gasteiger partial charge in [0.05, 0.1) is 5.56 Å². The molecule has 5 heteroatoms. The predicted molar refractivity (Wildman–Crippen MR) is 79.3 cm³/mol. The minimum atomic E-state index is 0.134. The van der Waals surface area contributed by atoms with Gasteiger partial charge >= 0.3 is 0 Å². The molecule has 1 N–H and O–H groups in total. The van der Waals surface area contributed by atoms with Gasteiger partial charge in [-0.25, -0.2) is 0 Å². The zero-order chi connectivity index (χ0) is 14.1. The number of phenolic OH excluding ortho intramolecular Hbond substituents is 1. The number of halogens is 1. The van der Waals surface area contributed by atoms with Crippen LogP contribution in [0.3, 0.4) is 0 Å².